The van der Waals surface area contributed by atoms with Crippen LogP contribution in [0.2, 0.25) is 0 Å². The predicted octanol–water partition coefficient (Wildman–Crippen LogP) is 3.85. The molecule has 1 aliphatic rings. The van der Waals surface area contributed by atoms with Crippen LogP contribution in [-0.2, 0) is 10.0 Å². The average molecular weight is 414 g/mol. The minimum atomic E-state index is -3.47. The van der Waals surface area contributed by atoms with Gasteiger partial charge in [-0.25, -0.2) is 21.5 Å². The summed E-state index contributed by atoms with van der Waals surface area (Å²) >= 11 is 1.46. The van der Waals surface area contributed by atoms with E-state index in [0.717, 1.165) is 12.1 Å². The lowest BCUT2D eigenvalue weighted by molar-refractivity contribution is 0.335. The SMILES string of the molecule is O=S(=O)(CCOc1ccccc1)N1CCSC(c2cc(F)ccc2F)CC1. The lowest BCUT2D eigenvalue weighted by Gasteiger charge is -2.20. The number of benzene rings is 2. The summed E-state index contributed by atoms with van der Waals surface area (Å²) in [6.07, 6.45) is 0.434. The molecule has 1 heterocycles. The van der Waals surface area contributed by atoms with Gasteiger partial charge in [0.15, 0.2) is 0 Å². The van der Waals surface area contributed by atoms with Crippen molar-refractivity contribution in [3.8, 4) is 5.75 Å². The van der Waals surface area contributed by atoms with Crippen molar-refractivity contribution in [1.29, 1.82) is 0 Å². The zero-order chi connectivity index (χ0) is 19.3. The molecule has 3 rings (SSSR count). The summed E-state index contributed by atoms with van der Waals surface area (Å²) in [7, 11) is -3.47. The van der Waals surface area contributed by atoms with E-state index in [1.54, 1.807) is 12.1 Å². The van der Waals surface area contributed by atoms with Gasteiger partial charge in [-0.15, -0.1) is 0 Å². The molecule has 4 nitrogen and oxygen atoms in total. The molecule has 0 radical (unpaired) electrons. The second-order valence-corrected chi connectivity index (χ2v) is 9.59. The Balaban J connectivity index is 1.58. The van der Waals surface area contributed by atoms with Crippen molar-refractivity contribution in [3.63, 3.8) is 0 Å². The molecule has 1 saturated heterocycles. The highest BCUT2D eigenvalue weighted by Gasteiger charge is 2.28. The summed E-state index contributed by atoms with van der Waals surface area (Å²) < 4.78 is 59.6. The molecule has 0 N–H and O–H groups in total. The fourth-order valence-electron chi connectivity index (χ4n) is 2.95. The monoisotopic (exact) mass is 413 g/mol. The van der Waals surface area contributed by atoms with Gasteiger partial charge in [-0.2, -0.15) is 11.8 Å². The number of halogens is 2. The first-order chi connectivity index (χ1) is 13.0. The fourth-order valence-corrected chi connectivity index (χ4v) is 5.61. The lowest BCUT2D eigenvalue weighted by atomic mass is 10.1. The normalized spacial score (nSPS) is 18.8. The zero-order valence-electron chi connectivity index (χ0n) is 14.7. The first-order valence-corrected chi connectivity index (χ1v) is 11.3. The van der Waals surface area contributed by atoms with E-state index in [1.165, 1.54) is 22.1 Å². The van der Waals surface area contributed by atoms with E-state index in [0.29, 0.717) is 30.0 Å². The van der Waals surface area contributed by atoms with Crippen LogP contribution in [0.3, 0.4) is 0 Å². The van der Waals surface area contributed by atoms with Crippen molar-refractivity contribution in [2.24, 2.45) is 0 Å². The molecule has 1 aliphatic heterocycles. The molecule has 1 unspecified atom stereocenters. The van der Waals surface area contributed by atoms with Crippen LogP contribution in [0.15, 0.2) is 48.5 Å². The van der Waals surface area contributed by atoms with Crippen LogP contribution in [0.1, 0.15) is 17.2 Å². The molecule has 2 aromatic carbocycles. The summed E-state index contributed by atoms with van der Waals surface area (Å²) in [6.45, 7) is 0.699. The third-order valence-electron chi connectivity index (χ3n) is 4.35. The average Bonchev–Trinajstić information content (AvgIpc) is 2.91. The van der Waals surface area contributed by atoms with Gasteiger partial charge < -0.3 is 4.74 Å². The van der Waals surface area contributed by atoms with E-state index < -0.39 is 21.7 Å². The summed E-state index contributed by atoms with van der Waals surface area (Å²) in [6, 6.07) is 12.4. The minimum Gasteiger partial charge on any atom is -0.492 e. The van der Waals surface area contributed by atoms with Crippen LogP contribution in [0.4, 0.5) is 8.78 Å². The van der Waals surface area contributed by atoms with E-state index in [9.17, 15) is 17.2 Å². The summed E-state index contributed by atoms with van der Waals surface area (Å²) in [5, 5.41) is -0.263. The molecular weight excluding hydrogens is 392 g/mol. The molecule has 2 aromatic rings. The summed E-state index contributed by atoms with van der Waals surface area (Å²) in [5.41, 5.74) is 0.298. The molecule has 0 aromatic heterocycles. The van der Waals surface area contributed by atoms with Crippen LogP contribution in [0.5, 0.6) is 5.75 Å². The maximum atomic E-state index is 14.0. The number of hydrogen-bond acceptors (Lipinski definition) is 4. The molecular formula is C19H21F2NO3S2. The van der Waals surface area contributed by atoms with Gasteiger partial charge in [-0.05, 0) is 36.8 Å². The van der Waals surface area contributed by atoms with Crippen LogP contribution < -0.4 is 4.74 Å². The lowest BCUT2D eigenvalue weighted by Crippen LogP contribution is -2.36. The maximum absolute atomic E-state index is 14.0. The van der Waals surface area contributed by atoms with Gasteiger partial charge in [-0.3, -0.25) is 0 Å². The molecule has 0 bridgehead atoms. The number of ether oxygens (including phenoxy) is 1. The summed E-state index contributed by atoms with van der Waals surface area (Å²) in [5.74, 6) is 0.0892. The minimum absolute atomic E-state index is 0.0674. The van der Waals surface area contributed by atoms with Crippen molar-refractivity contribution in [2.45, 2.75) is 11.7 Å². The number of rotatable bonds is 6. The Morgan fingerprint density at radius 3 is 2.67 bits per heavy atom. The maximum Gasteiger partial charge on any atom is 0.217 e. The Morgan fingerprint density at radius 2 is 1.89 bits per heavy atom. The Kier molecular flexibility index (Phi) is 6.73. The molecule has 146 valence electrons. The third-order valence-corrected chi connectivity index (χ3v) is 7.50. The molecule has 1 atom stereocenters. The van der Waals surface area contributed by atoms with Gasteiger partial charge in [0, 0.05) is 29.7 Å². The van der Waals surface area contributed by atoms with E-state index in [4.69, 9.17) is 4.74 Å². The molecule has 0 amide bonds. The summed E-state index contributed by atoms with van der Waals surface area (Å²) in [4.78, 5) is 0. The molecule has 27 heavy (non-hydrogen) atoms. The molecule has 8 heteroatoms. The van der Waals surface area contributed by atoms with Crippen LogP contribution in [0.25, 0.3) is 0 Å². The highest BCUT2D eigenvalue weighted by Crippen LogP contribution is 2.36. The van der Waals surface area contributed by atoms with Crippen molar-refractivity contribution < 1.29 is 21.9 Å². The Labute approximate surface area is 162 Å². The van der Waals surface area contributed by atoms with Crippen molar-refractivity contribution >= 4 is 21.8 Å². The standard InChI is InChI=1S/C19H21F2NO3S2/c20-15-6-7-18(21)17(14-15)19-8-9-22(10-12-26-19)27(23,24)13-11-25-16-4-2-1-3-5-16/h1-7,14,19H,8-13H2. The molecule has 0 aliphatic carbocycles. The van der Waals surface area contributed by atoms with Gasteiger partial charge >= 0.3 is 0 Å². The first kappa shape index (κ1) is 20.1. The fraction of sp³-hybridized carbons (Fsp3) is 0.368. The number of nitrogens with zero attached hydrogens (tertiary/aromatic N) is 1. The quantitative estimate of drug-likeness (QED) is 0.722. The van der Waals surface area contributed by atoms with E-state index in [2.05, 4.69) is 0 Å². The van der Waals surface area contributed by atoms with Gasteiger partial charge in [0.1, 0.15) is 24.0 Å². The third kappa shape index (κ3) is 5.43. The van der Waals surface area contributed by atoms with Gasteiger partial charge in [-0.1, -0.05) is 18.2 Å². The zero-order valence-corrected chi connectivity index (χ0v) is 16.3. The second kappa shape index (κ2) is 9.03. The van der Waals surface area contributed by atoms with E-state index in [-0.39, 0.29) is 24.2 Å². The smallest absolute Gasteiger partial charge is 0.217 e. The molecule has 0 saturated carbocycles. The highest BCUT2D eigenvalue weighted by atomic mass is 32.2. The second-order valence-electron chi connectivity index (χ2n) is 6.19. The molecule has 1 fully saturated rings. The Hall–Kier alpha value is -1.64. The Bertz CT molecular complexity index is 863. The molecule has 0 spiro atoms. The van der Waals surface area contributed by atoms with Gasteiger partial charge in [0.2, 0.25) is 10.0 Å². The predicted molar refractivity (Wildman–Crippen MR) is 103 cm³/mol. The number of thioether (sulfide) groups is 1. The van der Waals surface area contributed by atoms with Gasteiger partial charge in [0.05, 0.1) is 5.75 Å². The van der Waals surface area contributed by atoms with Crippen molar-refractivity contribution in [2.75, 3.05) is 31.2 Å². The topological polar surface area (TPSA) is 46.6 Å². The van der Waals surface area contributed by atoms with Crippen LogP contribution >= 0.6 is 11.8 Å². The van der Waals surface area contributed by atoms with Gasteiger partial charge in [0.25, 0.3) is 0 Å². The number of hydrogen-bond donors (Lipinski definition) is 0. The number of sulfonamides is 1. The Morgan fingerprint density at radius 1 is 1.11 bits per heavy atom. The van der Waals surface area contributed by atoms with E-state index in [1.807, 2.05) is 18.2 Å². The highest BCUT2D eigenvalue weighted by molar-refractivity contribution is 7.99. The van der Waals surface area contributed by atoms with Crippen molar-refractivity contribution in [3.05, 3.63) is 65.7 Å². The van der Waals surface area contributed by atoms with Crippen molar-refractivity contribution in [1.82, 2.24) is 4.31 Å². The van der Waals surface area contributed by atoms with E-state index >= 15 is 0 Å². The number of para-hydroxylation sites is 1. The first-order valence-electron chi connectivity index (χ1n) is 8.68. The largest absolute Gasteiger partial charge is 0.492 e. The van der Waals surface area contributed by atoms with Crippen LogP contribution in [0, 0.1) is 11.6 Å². The van der Waals surface area contributed by atoms with Crippen LogP contribution in [-0.4, -0.2) is 43.9 Å².